The molecule has 0 aliphatic heterocycles. The molecule has 10 heteroatoms. The Bertz CT molecular complexity index is 1170. The number of anilines is 1. The van der Waals surface area contributed by atoms with Crippen molar-refractivity contribution >= 4 is 39.1 Å². The lowest BCUT2D eigenvalue weighted by atomic mass is 9.95. The molecule has 1 aliphatic carbocycles. The summed E-state index contributed by atoms with van der Waals surface area (Å²) in [6, 6.07) is 12.9. The summed E-state index contributed by atoms with van der Waals surface area (Å²) in [4.78, 5) is 28.3. The number of benzene rings is 2. The lowest BCUT2D eigenvalue weighted by molar-refractivity contribution is -0.139. The normalized spacial score (nSPS) is 15.0. The summed E-state index contributed by atoms with van der Waals surface area (Å²) in [6.07, 6.45) is 6.16. The Labute approximate surface area is 225 Å². The Morgan fingerprint density at radius 2 is 1.73 bits per heavy atom. The molecule has 0 bridgehead atoms. The lowest BCUT2D eigenvalue weighted by Crippen LogP contribution is -2.53. The molecule has 0 spiro atoms. The van der Waals surface area contributed by atoms with E-state index in [9.17, 15) is 18.0 Å². The molecule has 1 aliphatic rings. The van der Waals surface area contributed by atoms with Crippen LogP contribution >= 0.6 is 11.6 Å². The SMILES string of the molecule is CCOc1ccc(N(CC(=O)N(Cc2ccccc2Cl)[C@H](C)C(=O)NC2CCCCC2)S(C)(=O)=O)cc1. The number of carbonyl (C=O) groups excluding carboxylic acids is 2. The molecule has 0 saturated heterocycles. The number of sulfonamides is 1. The third kappa shape index (κ3) is 8.10. The van der Waals surface area contributed by atoms with E-state index >= 15 is 0 Å². The second-order valence-corrected chi connectivity index (χ2v) is 11.6. The van der Waals surface area contributed by atoms with Crippen LogP contribution in [0, 0.1) is 0 Å². The van der Waals surface area contributed by atoms with Gasteiger partial charge in [0.25, 0.3) is 0 Å². The van der Waals surface area contributed by atoms with Crippen molar-refractivity contribution in [2.24, 2.45) is 0 Å². The van der Waals surface area contributed by atoms with Gasteiger partial charge < -0.3 is 15.0 Å². The average molecular weight is 550 g/mol. The highest BCUT2D eigenvalue weighted by atomic mass is 35.5. The third-order valence-electron chi connectivity index (χ3n) is 6.53. The van der Waals surface area contributed by atoms with Crippen LogP contribution in [0.25, 0.3) is 0 Å². The van der Waals surface area contributed by atoms with Crippen LogP contribution in [0.15, 0.2) is 48.5 Å². The zero-order valence-electron chi connectivity index (χ0n) is 21.7. The summed E-state index contributed by atoms with van der Waals surface area (Å²) < 4.78 is 31.9. The highest BCUT2D eigenvalue weighted by Crippen LogP contribution is 2.24. The molecule has 1 fully saturated rings. The fourth-order valence-electron chi connectivity index (χ4n) is 4.45. The predicted octanol–water partition coefficient (Wildman–Crippen LogP) is 4.37. The van der Waals surface area contributed by atoms with Gasteiger partial charge >= 0.3 is 0 Å². The summed E-state index contributed by atoms with van der Waals surface area (Å²) in [5.41, 5.74) is 0.998. The summed E-state index contributed by atoms with van der Waals surface area (Å²) in [5, 5.41) is 3.54. The van der Waals surface area contributed by atoms with Gasteiger partial charge in [-0.1, -0.05) is 49.1 Å². The van der Waals surface area contributed by atoms with Crippen molar-refractivity contribution in [1.82, 2.24) is 10.2 Å². The number of ether oxygens (including phenoxy) is 1. The van der Waals surface area contributed by atoms with Crippen LogP contribution in [-0.4, -0.2) is 56.6 Å². The van der Waals surface area contributed by atoms with Crippen molar-refractivity contribution in [2.75, 3.05) is 23.7 Å². The first kappa shape index (κ1) is 28.8. The number of amides is 2. The highest BCUT2D eigenvalue weighted by Gasteiger charge is 2.31. The van der Waals surface area contributed by atoms with Gasteiger partial charge in [0, 0.05) is 17.6 Å². The molecule has 0 radical (unpaired) electrons. The van der Waals surface area contributed by atoms with Crippen LogP contribution in [-0.2, 0) is 26.2 Å². The van der Waals surface area contributed by atoms with E-state index < -0.39 is 28.5 Å². The summed E-state index contributed by atoms with van der Waals surface area (Å²) in [7, 11) is -3.80. The molecular weight excluding hydrogens is 514 g/mol. The van der Waals surface area contributed by atoms with Crippen LogP contribution in [0.1, 0.15) is 51.5 Å². The molecule has 2 amide bonds. The fourth-order valence-corrected chi connectivity index (χ4v) is 5.50. The first-order valence-electron chi connectivity index (χ1n) is 12.6. The summed E-state index contributed by atoms with van der Waals surface area (Å²) >= 11 is 6.37. The van der Waals surface area contributed by atoms with Crippen LogP contribution in [0.2, 0.25) is 5.02 Å². The number of nitrogens with one attached hydrogen (secondary N) is 1. The van der Waals surface area contributed by atoms with E-state index in [1.54, 1.807) is 55.5 Å². The molecule has 1 N–H and O–H groups in total. The maximum atomic E-state index is 13.7. The topological polar surface area (TPSA) is 96.0 Å². The minimum atomic E-state index is -3.80. The van der Waals surface area contributed by atoms with Gasteiger partial charge in [0.1, 0.15) is 18.3 Å². The second-order valence-electron chi connectivity index (χ2n) is 9.33. The van der Waals surface area contributed by atoms with E-state index in [-0.39, 0.29) is 18.5 Å². The molecule has 0 unspecified atom stereocenters. The molecule has 8 nitrogen and oxygen atoms in total. The van der Waals surface area contributed by atoms with E-state index in [2.05, 4.69) is 5.32 Å². The fraction of sp³-hybridized carbons (Fsp3) is 0.481. The number of carbonyl (C=O) groups is 2. The highest BCUT2D eigenvalue weighted by molar-refractivity contribution is 7.92. The molecule has 0 heterocycles. The molecule has 1 atom stereocenters. The number of hydrogen-bond donors (Lipinski definition) is 1. The maximum absolute atomic E-state index is 13.7. The lowest BCUT2D eigenvalue weighted by Gasteiger charge is -2.33. The van der Waals surface area contributed by atoms with Crippen molar-refractivity contribution in [3.63, 3.8) is 0 Å². The van der Waals surface area contributed by atoms with Crippen molar-refractivity contribution in [3.05, 3.63) is 59.1 Å². The zero-order chi connectivity index (χ0) is 27.0. The van der Waals surface area contributed by atoms with Crippen LogP contribution in [0.4, 0.5) is 5.69 Å². The predicted molar refractivity (Wildman–Crippen MR) is 146 cm³/mol. The largest absolute Gasteiger partial charge is 0.494 e. The first-order valence-corrected chi connectivity index (χ1v) is 14.9. The van der Waals surface area contributed by atoms with E-state index in [1.807, 2.05) is 6.92 Å². The minimum Gasteiger partial charge on any atom is -0.494 e. The number of nitrogens with zero attached hydrogens (tertiary/aromatic N) is 2. The maximum Gasteiger partial charge on any atom is 0.244 e. The monoisotopic (exact) mass is 549 g/mol. The third-order valence-corrected chi connectivity index (χ3v) is 8.04. The van der Waals surface area contributed by atoms with Crippen LogP contribution in [0.5, 0.6) is 5.75 Å². The van der Waals surface area contributed by atoms with Gasteiger partial charge in [-0.05, 0) is 62.6 Å². The Morgan fingerprint density at radius 3 is 2.32 bits per heavy atom. The Balaban J connectivity index is 1.86. The van der Waals surface area contributed by atoms with Crippen molar-refractivity contribution in [1.29, 1.82) is 0 Å². The molecule has 1 saturated carbocycles. The molecule has 0 aromatic heterocycles. The van der Waals surface area contributed by atoms with Crippen molar-refractivity contribution < 1.29 is 22.7 Å². The molecular formula is C27H36ClN3O5S. The smallest absolute Gasteiger partial charge is 0.244 e. The zero-order valence-corrected chi connectivity index (χ0v) is 23.2. The van der Waals surface area contributed by atoms with Crippen LogP contribution in [0.3, 0.4) is 0 Å². The molecule has 37 heavy (non-hydrogen) atoms. The molecule has 2 aromatic rings. The van der Waals surface area contributed by atoms with E-state index in [4.69, 9.17) is 16.3 Å². The standard InChI is InChI=1S/C27H36ClN3O5S/c1-4-36-24-16-14-23(15-17-24)31(37(3,34)35)19-26(32)30(18-21-10-8-9-13-25(21)28)20(2)27(33)29-22-11-6-5-7-12-22/h8-10,13-17,20,22H,4-7,11-12,18-19H2,1-3H3,(H,29,33)/t20-/m1/s1. The van der Waals surface area contributed by atoms with Crippen molar-refractivity contribution in [3.8, 4) is 5.75 Å². The van der Waals surface area contributed by atoms with Gasteiger partial charge in [-0.25, -0.2) is 8.42 Å². The van der Waals surface area contributed by atoms with Gasteiger partial charge in [-0.2, -0.15) is 0 Å². The molecule has 3 rings (SSSR count). The van der Waals surface area contributed by atoms with E-state index in [1.165, 1.54) is 4.90 Å². The van der Waals surface area contributed by atoms with Crippen molar-refractivity contribution in [2.45, 2.75) is 64.6 Å². The number of rotatable bonds is 11. The van der Waals surface area contributed by atoms with Gasteiger partial charge in [0.2, 0.25) is 21.8 Å². The van der Waals surface area contributed by atoms with Crippen LogP contribution < -0.4 is 14.4 Å². The number of halogens is 1. The summed E-state index contributed by atoms with van der Waals surface area (Å²) in [6.45, 7) is 3.60. The quantitative estimate of drug-likeness (QED) is 0.449. The van der Waals surface area contributed by atoms with Gasteiger partial charge in [-0.3, -0.25) is 13.9 Å². The Morgan fingerprint density at radius 1 is 1.08 bits per heavy atom. The first-order chi connectivity index (χ1) is 17.6. The van der Waals surface area contributed by atoms with Gasteiger partial charge in [-0.15, -0.1) is 0 Å². The summed E-state index contributed by atoms with van der Waals surface area (Å²) in [5.74, 6) is -0.177. The number of hydrogen-bond acceptors (Lipinski definition) is 5. The van der Waals surface area contributed by atoms with E-state index in [0.717, 1.165) is 42.7 Å². The van der Waals surface area contributed by atoms with E-state index in [0.29, 0.717) is 28.6 Å². The molecule has 202 valence electrons. The van der Waals surface area contributed by atoms with Gasteiger partial charge in [0.15, 0.2) is 0 Å². The average Bonchev–Trinajstić information content (AvgIpc) is 2.87. The minimum absolute atomic E-state index is 0.0681. The Kier molecular flexibility index (Phi) is 10.2. The molecule has 2 aromatic carbocycles. The van der Waals surface area contributed by atoms with Gasteiger partial charge in [0.05, 0.1) is 18.6 Å². The Hall–Kier alpha value is -2.78. The second kappa shape index (κ2) is 13.1.